The zero-order valence-corrected chi connectivity index (χ0v) is 13.5. The minimum Gasteiger partial charge on any atom is -0.369 e. The SMILES string of the molecule is N#CCN(Cc1ccc(C(F)(F)F)cc1C(F)(F)F)S(=O)(=O)CC(N)=O. The van der Waals surface area contributed by atoms with Gasteiger partial charge in [0.1, 0.15) is 12.3 Å². The highest BCUT2D eigenvalue weighted by Crippen LogP contribution is 2.37. The molecule has 6 nitrogen and oxygen atoms in total. The Balaban J connectivity index is 3.40. The number of amides is 1. The Bertz CT molecular complexity index is 827. The number of primary amides is 1. The molecule has 0 spiro atoms. The molecule has 0 unspecified atom stereocenters. The van der Waals surface area contributed by atoms with Gasteiger partial charge in [-0.2, -0.15) is 35.9 Å². The predicted octanol–water partition coefficient (Wildman–Crippen LogP) is 1.86. The number of hydrogen-bond donors (Lipinski definition) is 1. The second kappa shape index (κ2) is 7.50. The van der Waals surface area contributed by atoms with Crippen LogP contribution in [0.1, 0.15) is 16.7 Å². The van der Waals surface area contributed by atoms with Gasteiger partial charge in [0.2, 0.25) is 15.9 Å². The summed E-state index contributed by atoms with van der Waals surface area (Å²) in [4.78, 5) is 10.8. The summed E-state index contributed by atoms with van der Waals surface area (Å²) < 4.78 is 101. The highest BCUT2D eigenvalue weighted by molar-refractivity contribution is 7.89. The van der Waals surface area contributed by atoms with Gasteiger partial charge < -0.3 is 5.73 Å². The Morgan fingerprint density at radius 1 is 1.15 bits per heavy atom. The summed E-state index contributed by atoms with van der Waals surface area (Å²) in [5.74, 6) is -2.58. The molecule has 1 amide bonds. The molecule has 0 aliphatic heterocycles. The summed E-state index contributed by atoms with van der Waals surface area (Å²) in [5.41, 5.74) is 0.656. The van der Waals surface area contributed by atoms with E-state index >= 15 is 0 Å². The van der Waals surface area contributed by atoms with Gasteiger partial charge in [0, 0.05) is 6.54 Å². The molecule has 0 saturated heterocycles. The molecule has 0 fully saturated rings. The van der Waals surface area contributed by atoms with E-state index in [4.69, 9.17) is 11.0 Å². The van der Waals surface area contributed by atoms with E-state index in [1.165, 1.54) is 6.07 Å². The molecule has 144 valence electrons. The Labute approximate surface area is 143 Å². The third kappa shape index (κ3) is 5.60. The number of benzene rings is 1. The Morgan fingerprint density at radius 2 is 1.73 bits per heavy atom. The lowest BCUT2D eigenvalue weighted by Crippen LogP contribution is -2.37. The topological polar surface area (TPSA) is 104 Å². The molecule has 0 saturated carbocycles. The van der Waals surface area contributed by atoms with Crippen LogP contribution >= 0.6 is 0 Å². The van der Waals surface area contributed by atoms with Crippen molar-refractivity contribution < 1.29 is 39.6 Å². The maximum atomic E-state index is 13.1. The van der Waals surface area contributed by atoms with Gasteiger partial charge in [-0.05, 0) is 17.7 Å². The number of nitriles is 1. The number of carbonyl (C=O) groups excluding carboxylic acids is 1. The van der Waals surface area contributed by atoms with Crippen LogP contribution in [0.15, 0.2) is 18.2 Å². The molecule has 0 atom stereocenters. The van der Waals surface area contributed by atoms with Crippen LogP contribution in [-0.2, 0) is 33.7 Å². The molecule has 1 rings (SSSR count). The number of hydrogen-bond acceptors (Lipinski definition) is 4. The van der Waals surface area contributed by atoms with Crippen molar-refractivity contribution in [2.24, 2.45) is 5.73 Å². The van der Waals surface area contributed by atoms with Crippen LogP contribution in [0.3, 0.4) is 0 Å². The monoisotopic (exact) mass is 403 g/mol. The average molecular weight is 403 g/mol. The summed E-state index contributed by atoms with van der Waals surface area (Å²) in [5, 5.41) is 8.65. The van der Waals surface area contributed by atoms with Gasteiger partial charge in [0.15, 0.2) is 0 Å². The number of carbonyl (C=O) groups is 1. The number of nitrogens with two attached hydrogens (primary N) is 1. The Morgan fingerprint density at radius 3 is 2.15 bits per heavy atom. The lowest BCUT2D eigenvalue weighted by atomic mass is 10.0. The van der Waals surface area contributed by atoms with E-state index in [9.17, 15) is 39.6 Å². The summed E-state index contributed by atoms with van der Waals surface area (Å²) in [6.07, 6.45) is -10.2. The first kappa shape index (κ1) is 21.7. The summed E-state index contributed by atoms with van der Waals surface area (Å²) in [7, 11) is -4.54. The molecule has 0 heterocycles. The van der Waals surface area contributed by atoms with E-state index in [1.807, 2.05) is 0 Å². The van der Waals surface area contributed by atoms with Crippen LogP contribution in [-0.4, -0.2) is 30.9 Å². The van der Waals surface area contributed by atoms with Gasteiger partial charge in [-0.1, -0.05) is 6.07 Å². The van der Waals surface area contributed by atoms with Crippen LogP contribution in [0.4, 0.5) is 26.3 Å². The van der Waals surface area contributed by atoms with Crippen molar-refractivity contribution >= 4 is 15.9 Å². The molecule has 13 heteroatoms. The largest absolute Gasteiger partial charge is 0.416 e. The third-order valence-electron chi connectivity index (χ3n) is 3.05. The smallest absolute Gasteiger partial charge is 0.369 e. The van der Waals surface area contributed by atoms with Gasteiger partial charge in [0.05, 0.1) is 17.2 Å². The maximum absolute atomic E-state index is 13.1. The quantitative estimate of drug-likeness (QED) is 0.578. The van der Waals surface area contributed by atoms with Gasteiger partial charge in [-0.3, -0.25) is 4.79 Å². The molecule has 1 aromatic rings. The van der Waals surface area contributed by atoms with Crippen molar-refractivity contribution in [3.63, 3.8) is 0 Å². The molecule has 0 aliphatic carbocycles. The fourth-order valence-corrected chi connectivity index (χ4v) is 3.08. The zero-order chi connectivity index (χ0) is 20.3. The molecule has 0 aromatic heterocycles. The van der Waals surface area contributed by atoms with E-state index in [0.29, 0.717) is 12.1 Å². The molecular weight excluding hydrogens is 392 g/mol. The van der Waals surface area contributed by atoms with Gasteiger partial charge >= 0.3 is 12.4 Å². The Kier molecular flexibility index (Phi) is 6.26. The lowest BCUT2D eigenvalue weighted by Gasteiger charge is -2.22. The summed E-state index contributed by atoms with van der Waals surface area (Å²) in [6.45, 7) is -1.98. The molecule has 26 heavy (non-hydrogen) atoms. The number of halogens is 6. The lowest BCUT2D eigenvalue weighted by molar-refractivity contribution is -0.143. The van der Waals surface area contributed by atoms with Crippen LogP contribution in [0.25, 0.3) is 0 Å². The third-order valence-corrected chi connectivity index (χ3v) is 4.75. The highest BCUT2D eigenvalue weighted by atomic mass is 32.2. The van der Waals surface area contributed by atoms with Gasteiger partial charge in [-0.25, -0.2) is 8.42 Å². The fraction of sp³-hybridized carbons (Fsp3) is 0.385. The second-order valence-corrected chi connectivity index (χ2v) is 6.99. The van der Waals surface area contributed by atoms with Crippen LogP contribution in [0.2, 0.25) is 0 Å². The van der Waals surface area contributed by atoms with Crippen molar-refractivity contribution in [1.82, 2.24) is 4.31 Å². The van der Waals surface area contributed by atoms with E-state index in [0.717, 1.165) is 0 Å². The normalized spacial score (nSPS) is 12.8. The fourth-order valence-electron chi connectivity index (χ4n) is 1.95. The van der Waals surface area contributed by atoms with Crippen LogP contribution in [0.5, 0.6) is 0 Å². The maximum Gasteiger partial charge on any atom is 0.416 e. The molecule has 2 N–H and O–H groups in total. The Hall–Kier alpha value is -2.33. The minimum atomic E-state index is -5.21. The second-order valence-electron chi connectivity index (χ2n) is 5.02. The van der Waals surface area contributed by atoms with Crippen LogP contribution in [0, 0.1) is 11.3 Å². The van der Waals surface area contributed by atoms with Gasteiger partial charge in [-0.15, -0.1) is 0 Å². The minimum absolute atomic E-state index is 0.152. The van der Waals surface area contributed by atoms with Crippen molar-refractivity contribution in [2.45, 2.75) is 18.9 Å². The zero-order valence-electron chi connectivity index (χ0n) is 12.7. The molecule has 1 aromatic carbocycles. The van der Waals surface area contributed by atoms with Crippen molar-refractivity contribution in [2.75, 3.05) is 12.3 Å². The highest BCUT2D eigenvalue weighted by Gasteiger charge is 2.39. The van der Waals surface area contributed by atoms with Crippen molar-refractivity contribution in [1.29, 1.82) is 5.26 Å². The summed E-state index contributed by atoms with van der Waals surface area (Å²) >= 11 is 0. The standard InChI is InChI=1S/C13H11F6N3O3S/c14-12(15,16)9-2-1-8(10(5-9)13(17,18)19)6-22(4-3-20)26(24,25)7-11(21)23/h1-2,5H,4,6-7H2,(H2,21,23). The number of sulfonamides is 1. The van der Waals surface area contributed by atoms with Crippen molar-refractivity contribution in [3.8, 4) is 6.07 Å². The first-order valence-electron chi connectivity index (χ1n) is 6.59. The molecule has 0 aliphatic rings. The number of rotatable bonds is 6. The van der Waals surface area contributed by atoms with E-state index < -0.39 is 63.8 Å². The summed E-state index contributed by atoms with van der Waals surface area (Å²) in [6, 6.07) is 2.07. The average Bonchev–Trinajstić information content (AvgIpc) is 2.43. The molecular formula is C13H11F6N3O3S. The van der Waals surface area contributed by atoms with Gasteiger partial charge in [0.25, 0.3) is 0 Å². The van der Waals surface area contributed by atoms with E-state index in [2.05, 4.69) is 0 Å². The molecule has 0 bridgehead atoms. The van der Waals surface area contributed by atoms with Crippen molar-refractivity contribution in [3.05, 3.63) is 34.9 Å². The number of alkyl halides is 6. The first-order chi connectivity index (χ1) is 11.7. The number of nitrogens with zero attached hydrogens (tertiary/aromatic N) is 2. The van der Waals surface area contributed by atoms with E-state index in [1.54, 1.807) is 0 Å². The van der Waals surface area contributed by atoms with Crippen LogP contribution < -0.4 is 5.73 Å². The first-order valence-corrected chi connectivity index (χ1v) is 8.20. The predicted molar refractivity (Wildman–Crippen MR) is 75.5 cm³/mol. The molecule has 0 radical (unpaired) electrons. The van der Waals surface area contributed by atoms with E-state index in [-0.39, 0.29) is 10.4 Å².